The number of morpholine rings is 1. The zero-order valence-corrected chi connectivity index (χ0v) is 12.9. The molecular weight excluding hydrogens is 258 g/mol. The van der Waals surface area contributed by atoms with Crippen LogP contribution in [0.25, 0.3) is 0 Å². The first-order chi connectivity index (χ1) is 9.46. The number of nitrogens with one attached hydrogen (secondary N) is 1. The van der Waals surface area contributed by atoms with Crippen molar-refractivity contribution < 1.29 is 14.3 Å². The minimum atomic E-state index is -0.449. The van der Waals surface area contributed by atoms with E-state index in [2.05, 4.69) is 10.2 Å². The largest absolute Gasteiger partial charge is 0.444 e. The van der Waals surface area contributed by atoms with Crippen LogP contribution in [0, 0.1) is 0 Å². The zero-order valence-electron chi connectivity index (χ0n) is 12.9. The molecule has 2 fully saturated rings. The summed E-state index contributed by atoms with van der Waals surface area (Å²) in [7, 11) is 0. The van der Waals surface area contributed by atoms with Crippen LogP contribution in [0.15, 0.2) is 0 Å². The highest BCUT2D eigenvalue weighted by Crippen LogP contribution is 2.15. The average Bonchev–Trinajstić information content (AvgIpc) is 2.38. The third-order valence-electron chi connectivity index (χ3n) is 3.53. The molecule has 2 heterocycles. The van der Waals surface area contributed by atoms with E-state index < -0.39 is 5.60 Å². The van der Waals surface area contributed by atoms with Crippen LogP contribution in [-0.4, -0.2) is 80.0 Å². The predicted octanol–water partition coefficient (Wildman–Crippen LogP) is 0.528. The maximum atomic E-state index is 12.3. The lowest BCUT2D eigenvalue weighted by Gasteiger charge is -2.39. The van der Waals surface area contributed by atoms with E-state index in [4.69, 9.17) is 9.47 Å². The normalized spacial score (nSPS) is 25.6. The first kappa shape index (κ1) is 15.5. The Morgan fingerprint density at radius 3 is 2.65 bits per heavy atom. The number of hydrogen-bond donors (Lipinski definition) is 1. The van der Waals surface area contributed by atoms with Crippen molar-refractivity contribution in [2.75, 3.05) is 52.5 Å². The van der Waals surface area contributed by atoms with Gasteiger partial charge in [-0.2, -0.15) is 0 Å². The minimum Gasteiger partial charge on any atom is -0.444 e. The molecule has 0 aromatic rings. The molecule has 0 spiro atoms. The molecule has 0 bridgehead atoms. The number of carbonyl (C=O) groups is 1. The molecule has 2 aliphatic rings. The van der Waals surface area contributed by atoms with E-state index in [-0.39, 0.29) is 12.1 Å². The molecule has 6 heteroatoms. The van der Waals surface area contributed by atoms with Crippen molar-refractivity contribution in [3.63, 3.8) is 0 Å². The van der Waals surface area contributed by atoms with Gasteiger partial charge in [-0.1, -0.05) is 0 Å². The molecule has 2 aliphatic heterocycles. The molecule has 116 valence electrons. The summed E-state index contributed by atoms with van der Waals surface area (Å²) < 4.78 is 11.0. The number of amides is 1. The highest BCUT2D eigenvalue weighted by molar-refractivity contribution is 5.68. The highest BCUT2D eigenvalue weighted by Gasteiger charge is 2.32. The Balaban J connectivity index is 1.92. The molecule has 0 aromatic heterocycles. The summed E-state index contributed by atoms with van der Waals surface area (Å²) in [5, 5.41) is 3.34. The Bertz CT molecular complexity index is 324. The van der Waals surface area contributed by atoms with Crippen LogP contribution in [0.1, 0.15) is 20.8 Å². The molecule has 1 amide bonds. The van der Waals surface area contributed by atoms with Gasteiger partial charge in [0.05, 0.1) is 19.3 Å². The predicted molar refractivity (Wildman–Crippen MR) is 76.9 cm³/mol. The molecule has 0 aromatic carbocycles. The van der Waals surface area contributed by atoms with Crippen LogP contribution in [0.5, 0.6) is 0 Å². The molecule has 6 nitrogen and oxygen atoms in total. The van der Waals surface area contributed by atoms with E-state index in [1.54, 1.807) is 0 Å². The molecule has 2 saturated heterocycles. The van der Waals surface area contributed by atoms with E-state index in [0.29, 0.717) is 19.8 Å². The summed E-state index contributed by atoms with van der Waals surface area (Å²) in [6.07, 6.45) is -0.221. The van der Waals surface area contributed by atoms with Gasteiger partial charge in [-0.3, -0.25) is 9.80 Å². The SMILES string of the molecule is CC(C)(C)OC(=O)N1CCOCC1CN1CCNCC1. The van der Waals surface area contributed by atoms with Gasteiger partial charge in [-0.25, -0.2) is 4.79 Å². The first-order valence-electron chi connectivity index (χ1n) is 7.46. The lowest BCUT2D eigenvalue weighted by atomic mass is 10.2. The van der Waals surface area contributed by atoms with Crippen LogP contribution >= 0.6 is 0 Å². The number of ether oxygens (including phenoxy) is 2. The fourth-order valence-corrected chi connectivity index (χ4v) is 2.56. The monoisotopic (exact) mass is 285 g/mol. The van der Waals surface area contributed by atoms with Gasteiger partial charge in [0, 0.05) is 39.3 Å². The second-order valence-electron chi connectivity index (χ2n) is 6.45. The van der Waals surface area contributed by atoms with Gasteiger partial charge in [0.25, 0.3) is 0 Å². The molecule has 1 atom stereocenters. The van der Waals surface area contributed by atoms with Gasteiger partial charge in [-0.05, 0) is 20.8 Å². The zero-order chi connectivity index (χ0) is 14.6. The minimum absolute atomic E-state index is 0.0942. The summed E-state index contributed by atoms with van der Waals surface area (Å²) in [6, 6.07) is 0.0942. The standard InChI is InChI=1S/C14H27N3O3/c1-14(2,3)20-13(18)17-8-9-19-11-12(17)10-16-6-4-15-5-7-16/h12,15H,4-11H2,1-3H3. The van der Waals surface area contributed by atoms with E-state index in [9.17, 15) is 4.79 Å². The fraction of sp³-hybridized carbons (Fsp3) is 0.929. The maximum Gasteiger partial charge on any atom is 0.410 e. The van der Waals surface area contributed by atoms with Gasteiger partial charge in [0.15, 0.2) is 0 Å². The van der Waals surface area contributed by atoms with Gasteiger partial charge in [0.2, 0.25) is 0 Å². The summed E-state index contributed by atoms with van der Waals surface area (Å²) >= 11 is 0. The number of carbonyl (C=O) groups excluding carboxylic acids is 1. The summed E-state index contributed by atoms with van der Waals surface area (Å²) in [4.78, 5) is 16.5. The van der Waals surface area contributed by atoms with Crippen LogP contribution in [0.4, 0.5) is 4.79 Å². The van der Waals surface area contributed by atoms with Crippen molar-refractivity contribution in [3.05, 3.63) is 0 Å². The van der Waals surface area contributed by atoms with E-state index in [0.717, 1.165) is 32.7 Å². The van der Waals surface area contributed by atoms with Crippen molar-refractivity contribution in [2.24, 2.45) is 0 Å². The number of rotatable bonds is 2. The quantitative estimate of drug-likeness (QED) is 0.802. The molecule has 20 heavy (non-hydrogen) atoms. The molecule has 1 N–H and O–H groups in total. The Kier molecular flexibility index (Phi) is 5.23. The molecule has 1 unspecified atom stereocenters. The van der Waals surface area contributed by atoms with Crippen molar-refractivity contribution >= 4 is 6.09 Å². The van der Waals surface area contributed by atoms with Crippen LogP contribution in [-0.2, 0) is 9.47 Å². The highest BCUT2D eigenvalue weighted by atomic mass is 16.6. The maximum absolute atomic E-state index is 12.3. The van der Waals surface area contributed by atoms with E-state index in [1.807, 2.05) is 25.7 Å². The summed E-state index contributed by atoms with van der Waals surface area (Å²) in [6.45, 7) is 12.5. The molecule has 0 saturated carbocycles. The summed E-state index contributed by atoms with van der Waals surface area (Å²) in [5.74, 6) is 0. The average molecular weight is 285 g/mol. The van der Waals surface area contributed by atoms with Gasteiger partial charge in [-0.15, -0.1) is 0 Å². The van der Waals surface area contributed by atoms with Gasteiger partial charge >= 0.3 is 6.09 Å². The Morgan fingerprint density at radius 2 is 2.00 bits per heavy atom. The van der Waals surface area contributed by atoms with Gasteiger partial charge in [0.1, 0.15) is 5.60 Å². The second-order valence-corrected chi connectivity index (χ2v) is 6.45. The fourth-order valence-electron chi connectivity index (χ4n) is 2.56. The molecule has 0 aliphatic carbocycles. The number of hydrogen-bond acceptors (Lipinski definition) is 5. The second kappa shape index (κ2) is 6.74. The molecular formula is C14H27N3O3. The smallest absolute Gasteiger partial charge is 0.410 e. The van der Waals surface area contributed by atoms with E-state index >= 15 is 0 Å². The molecule has 2 rings (SSSR count). The lowest BCUT2D eigenvalue weighted by molar-refractivity contribution is -0.0400. The summed E-state index contributed by atoms with van der Waals surface area (Å²) in [5.41, 5.74) is -0.449. The van der Waals surface area contributed by atoms with Crippen molar-refractivity contribution in [2.45, 2.75) is 32.4 Å². The molecule has 0 radical (unpaired) electrons. The Morgan fingerprint density at radius 1 is 1.30 bits per heavy atom. The lowest BCUT2D eigenvalue weighted by Crippen LogP contribution is -2.56. The number of nitrogens with zero attached hydrogens (tertiary/aromatic N) is 2. The topological polar surface area (TPSA) is 54.0 Å². The van der Waals surface area contributed by atoms with Crippen LogP contribution in [0.3, 0.4) is 0 Å². The van der Waals surface area contributed by atoms with Crippen molar-refractivity contribution in [3.8, 4) is 0 Å². The Labute approximate surface area is 121 Å². The van der Waals surface area contributed by atoms with E-state index in [1.165, 1.54) is 0 Å². The van der Waals surface area contributed by atoms with Crippen LogP contribution in [0.2, 0.25) is 0 Å². The Hall–Kier alpha value is -0.850. The number of piperazine rings is 1. The first-order valence-corrected chi connectivity index (χ1v) is 7.46. The third kappa shape index (κ3) is 4.61. The van der Waals surface area contributed by atoms with Gasteiger partial charge < -0.3 is 14.8 Å². The van der Waals surface area contributed by atoms with Crippen molar-refractivity contribution in [1.29, 1.82) is 0 Å². The third-order valence-corrected chi connectivity index (χ3v) is 3.53. The van der Waals surface area contributed by atoms with Crippen LogP contribution < -0.4 is 5.32 Å². The van der Waals surface area contributed by atoms with Crippen molar-refractivity contribution in [1.82, 2.24) is 15.1 Å².